The Labute approximate surface area is 145 Å². The molecule has 4 nitrogen and oxygen atoms in total. The van der Waals surface area contributed by atoms with Crippen LogP contribution in [0.1, 0.15) is 23.2 Å². The van der Waals surface area contributed by atoms with Gasteiger partial charge in [-0.05, 0) is 24.1 Å². The van der Waals surface area contributed by atoms with Gasteiger partial charge in [-0.15, -0.1) is 0 Å². The number of carbonyl (C=O) groups excluding carboxylic acids is 1. The number of nitrogens with one attached hydrogen (secondary N) is 1. The lowest BCUT2D eigenvalue weighted by Crippen LogP contribution is -2.54. The van der Waals surface area contributed by atoms with E-state index in [0.29, 0.717) is 13.0 Å². The van der Waals surface area contributed by atoms with E-state index in [1.54, 1.807) is 0 Å². The van der Waals surface area contributed by atoms with Crippen LogP contribution in [-0.2, 0) is 16.8 Å². The molecular weight excluding hydrogens is 312 g/mol. The zero-order valence-corrected chi connectivity index (χ0v) is 13.8. The quantitative estimate of drug-likeness (QED) is 0.688. The van der Waals surface area contributed by atoms with Crippen LogP contribution in [0.3, 0.4) is 0 Å². The number of nitrogens with zero attached hydrogens (tertiary/aromatic N) is 1. The maximum atomic E-state index is 12.9. The van der Waals surface area contributed by atoms with E-state index in [9.17, 15) is 4.79 Å². The van der Waals surface area contributed by atoms with E-state index in [1.807, 2.05) is 12.1 Å². The molecule has 4 heterocycles. The summed E-state index contributed by atoms with van der Waals surface area (Å²) in [7, 11) is 0. The van der Waals surface area contributed by atoms with Gasteiger partial charge in [0.05, 0.1) is 12.3 Å². The van der Waals surface area contributed by atoms with Gasteiger partial charge in [0, 0.05) is 35.3 Å². The summed E-state index contributed by atoms with van der Waals surface area (Å²) in [6.45, 7) is 1.37. The molecule has 0 saturated carbocycles. The van der Waals surface area contributed by atoms with Crippen LogP contribution in [0.15, 0.2) is 48.5 Å². The van der Waals surface area contributed by atoms with Crippen molar-refractivity contribution >= 4 is 16.8 Å². The van der Waals surface area contributed by atoms with E-state index in [4.69, 9.17) is 4.74 Å². The van der Waals surface area contributed by atoms with Crippen molar-refractivity contribution in [2.75, 3.05) is 13.2 Å². The number of hydrogen-bond acceptors (Lipinski definition) is 2. The molecule has 1 fully saturated rings. The molecule has 3 aliphatic heterocycles. The summed E-state index contributed by atoms with van der Waals surface area (Å²) in [5, 5.41) is 1.29. The van der Waals surface area contributed by atoms with Gasteiger partial charge in [-0.1, -0.05) is 36.4 Å². The molecule has 3 aliphatic rings. The minimum atomic E-state index is -0.404. The lowest BCUT2D eigenvalue weighted by molar-refractivity contribution is -0.131. The van der Waals surface area contributed by atoms with Crippen LogP contribution in [0, 0.1) is 5.92 Å². The van der Waals surface area contributed by atoms with Crippen molar-refractivity contribution in [3.8, 4) is 5.75 Å². The molecule has 0 aliphatic carbocycles. The summed E-state index contributed by atoms with van der Waals surface area (Å²) in [5.41, 5.74) is 4.45. The monoisotopic (exact) mass is 330 g/mol. The van der Waals surface area contributed by atoms with Crippen LogP contribution < -0.4 is 4.74 Å². The topological polar surface area (TPSA) is 45.3 Å². The van der Waals surface area contributed by atoms with Crippen LogP contribution in [0.4, 0.5) is 0 Å². The molecule has 2 unspecified atom stereocenters. The number of amides is 1. The summed E-state index contributed by atoms with van der Waals surface area (Å²) in [4.78, 5) is 18.7. The molecule has 3 aromatic rings. The molecule has 4 heteroatoms. The zero-order chi connectivity index (χ0) is 16.6. The van der Waals surface area contributed by atoms with Crippen LogP contribution >= 0.6 is 0 Å². The van der Waals surface area contributed by atoms with Crippen molar-refractivity contribution in [1.82, 2.24) is 9.88 Å². The zero-order valence-electron chi connectivity index (χ0n) is 13.8. The Balaban J connectivity index is 1.75. The predicted octanol–water partition coefficient (Wildman–Crippen LogP) is 3.21. The highest BCUT2D eigenvalue weighted by Gasteiger charge is 2.60. The van der Waals surface area contributed by atoms with Crippen LogP contribution in [-0.4, -0.2) is 28.9 Å². The highest BCUT2D eigenvalue weighted by Crippen LogP contribution is 2.56. The fraction of sp³-hybridized carbons (Fsp3) is 0.286. The summed E-state index contributed by atoms with van der Waals surface area (Å²) in [6.07, 6.45) is 1.46. The van der Waals surface area contributed by atoms with E-state index in [0.717, 1.165) is 29.8 Å². The maximum absolute atomic E-state index is 12.9. The molecule has 0 radical (unpaired) electrons. The van der Waals surface area contributed by atoms with Crippen molar-refractivity contribution in [3.63, 3.8) is 0 Å². The van der Waals surface area contributed by atoms with Crippen molar-refractivity contribution < 1.29 is 9.53 Å². The largest absolute Gasteiger partial charge is 0.493 e. The summed E-state index contributed by atoms with van der Waals surface area (Å²) >= 11 is 0. The average molecular weight is 330 g/mol. The highest BCUT2D eigenvalue weighted by molar-refractivity contribution is 5.89. The number of hydrogen-bond donors (Lipinski definition) is 1. The molecule has 2 atom stereocenters. The number of fused-ring (bicyclic) bond motifs is 4. The van der Waals surface area contributed by atoms with Crippen molar-refractivity contribution in [3.05, 3.63) is 65.4 Å². The van der Waals surface area contributed by atoms with E-state index < -0.39 is 5.54 Å². The van der Waals surface area contributed by atoms with Crippen LogP contribution in [0.25, 0.3) is 10.9 Å². The van der Waals surface area contributed by atoms with Gasteiger partial charge < -0.3 is 14.6 Å². The number of para-hydroxylation sites is 2. The molecule has 25 heavy (non-hydrogen) atoms. The molecule has 1 amide bonds. The summed E-state index contributed by atoms with van der Waals surface area (Å²) in [5.74, 6) is 1.31. The van der Waals surface area contributed by atoms with Gasteiger partial charge in [-0.25, -0.2) is 0 Å². The second kappa shape index (κ2) is 4.45. The van der Waals surface area contributed by atoms with E-state index in [2.05, 4.69) is 46.3 Å². The van der Waals surface area contributed by atoms with Gasteiger partial charge in [0.2, 0.25) is 5.91 Å². The normalized spacial score (nSPS) is 26.6. The first-order valence-corrected chi connectivity index (χ1v) is 8.93. The molecule has 1 N–H and O–H groups in total. The summed E-state index contributed by atoms with van der Waals surface area (Å²) in [6, 6.07) is 16.7. The lowest BCUT2D eigenvalue weighted by Gasteiger charge is -2.48. The van der Waals surface area contributed by atoms with E-state index in [1.165, 1.54) is 16.6 Å². The number of benzene rings is 2. The Kier molecular flexibility index (Phi) is 2.41. The van der Waals surface area contributed by atoms with Gasteiger partial charge in [-0.3, -0.25) is 4.79 Å². The van der Waals surface area contributed by atoms with Gasteiger partial charge >= 0.3 is 0 Å². The minimum absolute atomic E-state index is 0.155. The molecule has 1 saturated heterocycles. The summed E-state index contributed by atoms with van der Waals surface area (Å²) < 4.78 is 6.03. The van der Waals surface area contributed by atoms with Crippen molar-refractivity contribution in [2.24, 2.45) is 5.92 Å². The maximum Gasteiger partial charge on any atom is 0.224 e. The van der Waals surface area contributed by atoms with Gasteiger partial charge in [0.1, 0.15) is 11.3 Å². The van der Waals surface area contributed by atoms with Crippen molar-refractivity contribution in [2.45, 2.75) is 18.4 Å². The third-order valence-corrected chi connectivity index (χ3v) is 6.26. The molecule has 6 rings (SSSR count). The predicted molar refractivity (Wildman–Crippen MR) is 94.5 cm³/mol. The smallest absolute Gasteiger partial charge is 0.224 e. The molecule has 1 spiro atoms. The molecule has 2 aromatic carbocycles. The third-order valence-electron chi connectivity index (χ3n) is 6.26. The number of aromatic amines is 1. The number of H-pyrrole nitrogens is 1. The first-order chi connectivity index (χ1) is 12.3. The second-order valence-corrected chi connectivity index (χ2v) is 7.29. The van der Waals surface area contributed by atoms with Gasteiger partial charge in [0.15, 0.2) is 0 Å². The number of rotatable bonds is 0. The Hall–Kier alpha value is -2.75. The second-order valence-electron chi connectivity index (χ2n) is 7.29. The number of aromatic nitrogens is 1. The van der Waals surface area contributed by atoms with E-state index >= 15 is 0 Å². The first-order valence-electron chi connectivity index (χ1n) is 8.93. The Bertz CT molecular complexity index is 1040. The first kappa shape index (κ1) is 13.5. The van der Waals surface area contributed by atoms with Gasteiger partial charge in [0.25, 0.3) is 0 Å². The fourth-order valence-electron chi connectivity index (χ4n) is 5.31. The standard InChI is InChI=1S/C21H18N2O2/c24-19-11-13-12-25-18-8-4-2-6-16(18)21(13)20-15(9-10-23(19)21)14-5-1-3-7-17(14)22-20/h1-8,13,22H,9-12H2. The Morgan fingerprint density at radius 2 is 1.96 bits per heavy atom. The average Bonchev–Trinajstić information content (AvgIpc) is 3.17. The SMILES string of the molecule is O=C1CC2COc3ccccc3C23c2[nH]c4ccccc4c2CCN13. The number of carbonyl (C=O) groups is 1. The highest BCUT2D eigenvalue weighted by atomic mass is 16.5. The van der Waals surface area contributed by atoms with Crippen LogP contribution in [0.2, 0.25) is 0 Å². The Morgan fingerprint density at radius 1 is 1.12 bits per heavy atom. The Morgan fingerprint density at radius 3 is 2.92 bits per heavy atom. The third kappa shape index (κ3) is 1.47. The van der Waals surface area contributed by atoms with E-state index in [-0.39, 0.29) is 11.8 Å². The molecular formula is C21H18N2O2. The number of ether oxygens (including phenoxy) is 1. The molecule has 0 bridgehead atoms. The van der Waals surface area contributed by atoms with Crippen LogP contribution in [0.5, 0.6) is 5.75 Å². The minimum Gasteiger partial charge on any atom is -0.493 e. The molecule has 1 aromatic heterocycles. The molecule has 124 valence electrons. The van der Waals surface area contributed by atoms with Gasteiger partial charge in [-0.2, -0.15) is 0 Å². The fourth-order valence-corrected chi connectivity index (χ4v) is 5.31. The van der Waals surface area contributed by atoms with Crippen molar-refractivity contribution in [1.29, 1.82) is 0 Å². The lowest BCUT2D eigenvalue weighted by atomic mass is 9.71.